The summed E-state index contributed by atoms with van der Waals surface area (Å²) in [5.74, 6) is 0.210. The third kappa shape index (κ3) is 3.92. The first kappa shape index (κ1) is 21.7. The molecule has 0 bridgehead atoms. The molecule has 170 valence electrons. The maximum Gasteiger partial charge on any atom is 0.256 e. The Hall–Kier alpha value is -3.16. The number of sulfone groups is 1. The molecular weight excluding hydrogens is 434 g/mol. The van der Waals surface area contributed by atoms with Crippen molar-refractivity contribution in [3.05, 3.63) is 71.0 Å². The number of fused-ring (bicyclic) bond motifs is 1. The number of aromatic nitrogens is 1. The highest BCUT2D eigenvalue weighted by Gasteiger charge is 2.31. The van der Waals surface area contributed by atoms with E-state index in [-0.39, 0.29) is 10.8 Å². The van der Waals surface area contributed by atoms with E-state index in [1.807, 2.05) is 48.5 Å². The number of H-pyrrole nitrogens is 1. The summed E-state index contributed by atoms with van der Waals surface area (Å²) >= 11 is 0. The fourth-order valence-corrected chi connectivity index (χ4v) is 6.33. The number of carbonyl (C=O) groups is 1. The third-order valence-corrected chi connectivity index (χ3v) is 7.77. The molecule has 2 aromatic carbocycles. The molecular formula is C26H27N3O3S. The molecule has 0 radical (unpaired) electrons. The minimum absolute atomic E-state index is 0.168. The van der Waals surface area contributed by atoms with Crippen molar-refractivity contribution in [2.45, 2.75) is 30.6 Å². The van der Waals surface area contributed by atoms with E-state index in [2.05, 4.69) is 21.7 Å². The van der Waals surface area contributed by atoms with E-state index in [0.29, 0.717) is 28.4 Å². The molecule has 3 aromatic rings. The molecule has 1 fully saturated rings. The van der Waals surface area contributed by atoms with Crippen LogP contribution in [-0.4, -0.2) is 38.7 Å². The number of hydrogen-bond acceptors (Lipinski definition) is 4. The topological polar surface area (TPSA) is 91.1 Å². The molecule has 2 aliphatic heterocycles. The second-order valence-corrected chi connectivity index (χ2v) is 10.8. The number of aryl methyl sites for hydroxylation is 1. The van der Waals surface area contributed by atoms with Gasteiger partial charge < -0.3 is 15.6 Å². The summed E-state index contributed by atoms with van der Waals surface area (Å²) < 4.78 is 25.4. The zero-order valence-corrected chi connectivity index (χ0v) is 19.6. The van der Waals surface area contributed by atoms with Crippen molar-refractivity contribution in [3.8, 4) is 11.1 Å². The van der Waals surface area contributed by atoms with Crippen molar-refractivity contribution in [1.29, 1.82) is 0 Å². The Morgan fingerprint density at radius 1 is 0.970 bits per heavy atom. The Morgan fingerprint density at radius 3 is 2.39 bits per heavy atom. The molecule has 0 aliphatic carbocycles. The van der Waals surface area contributed by atoms with E-state index in [4.69, 9.17) is 0 Å². The van der Waals surface area contributed by atoms with E-state index in [9.17, 15) is 13.2 Å². The second kappa shape index (κ2) is 8.32. The number of nitrogens with one attached hydrogen (secondary N) is 3. The number of benzene rings is 2. The van der Waals surface area contributed by atoms with Crippen molar-refractivity contribution < 1.29 is 13.2 Å². The van der Waals surface area contributed by atoms with Gasteiger partial charge in [0.2, 0.25) is 0 Å². The van der Waals surface area contributed by atoms with Crippen molar-refractivity contribution in [2.75, 3.05) is 24.7 Å². The van der Waals surface area contributed by atoms with E-state index in [1.165, 1.54) is 11.8 Å². The zero-order chi connectivity index (χ0) is 23.2. The number of hydrogen-bond donors (Lipinski definition) is 3. The van der Waals surface area contributed by atoms with Crippen LogP contribution in [0.15, 0.2) is 53.4 Å². The van der Waals surface area contributed by atoms with Crippen molar-refractivity contribution in [1.82, 2.24) is 10.3 Å². The number of amides is 1. The largest absolute Gasteiger partial charge is 0.357 e. The van der Waals surface area contributed by atoms with Gasteiger partial charge in [0.1, 0.15) is 0 Å². The first-order valence-corrected chi connectivity index (χ1v) is 13.1. The van der Waals surface area contributed by atoms with Gasteiger partial charge in [-0.2, -0.15) is 0 Å². The summed E-state index contributed by atoms with van der Waals surface area (Å²) in [7, 11) is -3.49. The van der Waals surface area contributed by atoms with Crippen LogP contribution < -0.4 is 10.6 Å². The molecule has 0 unspecified atom stereocenters. The molecule has 33 heavy (non-hydrogen) atoms. The Labute approximate surface area is 194 Å². The highest BCUT2D eigenvalue weighted by Crippen LogP contribution is 2.42. The van der Waals surface area contributed by atoms with E-state index >= 15 is 0 Å². The lowest BCUT2D eigenvalue weighted by Crippen LogP contribution is -2.27. The van der Waals surface area contributed by atoms with Crippen LogP contribution in [-0.2, 0) is 14.6 Å². The predicted octanol–water partition coefficient (Wildman–Crippen LogP) is 4.35. The van der Waals surface area contributed by atoms with Crippen LogP contribution >= 0.6 is 0 Å². The molecule has 0 atom stereocenters. The standard InChI is InChI=1S/C26H27N3O3S/c1-16-25(33(2,31)32)23(18-7-4-3-5-8-18)22(28-16)15-20-24-19(17-11-13-27-14-12-17)9-6-10-21(24)29-26(20)30/h3-10,15,17,27-28H,11-14H2,1-2H3,(H,29,30). The average Bonchev–Trinajstić information content (AvgIpc) is 3.31. The Balaban J connectivity index is 1.72. The van der Waals surface area contributed by atoms with Crippen LogP contribution in [0.5, 0.6) is 0 Å². The van der Waals surface area contributed by atoms with Gasteiger partial charge in [-0.1, -0.05) is 42.5 Å². The first-order chi connectivity index (χ1) is 15.8. The summed E-state index contributed by atoms with van der Waals surface area (Å²) in [4.78, 5) is 16.6. The zero-order valence-electron chi connectivity index (χ0n) is 18.7. The molecule has 6 nitrogen and oxygen atoms in total. The minimum atomic E-state index is -3.49. The number of carbonyl (C=O) groups excluding carboxylic acids is 1. The normalized spacial score (nSPS) is 17.9. The second-order valence-electron chi connectivity index (χ2n) is 8.81. The molecule has 0 spiro atoms. The van der Waals surface area contributed by atoms with Gasteiger partial charge in [0.05, 0.1) is 10.5 Å². The molecule has 2 aliphatic rings. The lowest BCUT2D eigenvalue weighted by Gasteiger charge is -2.25. The Kier molecular flexibility index (Phi) is 5.46. The van der Waals surface area contributed by atoms with Gasteiger partial charge in [0, 0.05) is 34.5 Å². The molecule has 7 heteroatoms. The summed E-state index contributed by atoms with van der Waals surface area (Å²) in [5, 5.41) is 6.40. The fraction of sp³-hybridized carbons (Fsp3) is 0.269. The van der Waals surface area contributed by atoms with Crippen LogP contribution in [0, 0.1) is 6.92 Å². The quantitative estimate of drug-likeness (QED) is 0.504. The Morgan fingerprint density at radius 2 is 1.70 bits per heavy atom. The van der Waals surface area contributed by atoms with Crippen molar-refractivity contribution in [3.63, 3.8) is 0 Å². The molecule has 0 saturated carbocycles. The molecule has 5 rings (SSSR count). The summed E-state index contributed by atoms with van der Waals surface area (Å²) in [6, 6.07) is 15.5. The van der Waals surface area contributed by atoms with Gasteiger partial charge in [0.25, 0.3) is 5.91 Å². The number of rotatable bonds is 4. The molecule has 3 N–H and O–H groups in total. The first-order valence-electron chi connectivity index (χ1n) is 11.2. The minimum Gasteiger partial charge on any atom is -0.357 e. The van der Waals surface area contributed by atoms with Crippen LogP contribution in [0.1, 0.15) is 41.3 Å². The van der Waals surface area contributed by atoms with Gasteiger partial charge in [-0.25, -0.2) is 8.42 Å². The van der Waals surface area contributed by atoms with Gasteiger partial charge in [-0.05, 0) is 62.0 Å². The van der Waals surface area contributed by atoms with Crippen molar-refractivity contribution in [2.24, 2.45) is 0 Å². The van der Waals surface area contributed by atoms with Crippen LogP contribution in [0.2, 0.25) is 0 Å². The summed E-state index contributed by atoms with van der Waals surface area (Å²) in [6.07, 6.45) is 5.08. The average molecular weight is 462 g/mol. The maximum atomic E-state index is 13.1. The van der Waals surface area contributed by atoms with Crippen LogP contribution in [0.4, 0.5) is 5.69 Å². The van der Waals surface area contributed by atoms with Gasteiger partial charge in [-0.15, -0.1) is 0 Å². The molecule has 1 aromatic heterocycles. The van der Waals surface area contributed by atoms with Crippen molar-refractivity contribution >= 4 is 33.1 Å². The smallest absolute Gasteiger partial charge is 0.256 e. The van der Waals surface area contributed by atoms with Crippen LogP contribution in [0.3, 0.4) is 0 Å². The van der Waals surface area contributed by atoms with E-state index < -0.39 is 9.84 Å². The Bertz CT molecular complexity index is 1370. The lowest BCUT2D eigenvalue weighted by atomic mass is 9.85. The van der Waals surface area contributed by atoms with Crippen LogP contribution in [0.25, 0.3) is 22.8 Å². The highest BCUT2D eigenvalue weighted by atomic mass is 32.2. The SMILES string of the molecule is Cc1[nH]c(C=C2C(=O)Nc3cccc(C4CCNCC4)c32)c(-c2ccccc2)c1S(C)(=O)=O. The highest BCUT2D eigenvalue weighted by molar-refractivity contribution is 7.91. The lowest BCUT2D eigenvalue weighted by molar-refractivity contribution is -0.110. The number of anilines is 1. The maximum absolute atomic E-state index is 13.1. The summed E-state index contributed by atoms with van der Waals surface area (Å²) in [5.41, 5.74) is 6.06. The number of aromatic amines is 1. The molecule has 1 saturated heterocycles. The third-order valence-electron chi connectivity index (χ3n) is 6.52. The fourth-order valence-electron chi connectivity index (χ4n) is 5.13. The monoisotopic (exact) mass is 461 g/mol. The molecule has 3 heterocycles. The summed E-state index contributed by atoms with van der Waals surface area (Å²) in [6.45, 7) is 3.68. The predicted molar refractivity (Wildman–Crippen MR) is 132 cm³/mol. The van der Waals surface area contributed by atoms with Gasteiger partial charge >= 0.3 is 0 Å². The van der Waals surface area contributed by atoms with E-state index in [1.54, 1.807) is 6.92 Å². The number of piperidine rings is 1. The molecule has 1 amide bonds. The van der Waals surface area contributed by atoms with Gasteiger partial charge in [0.15, 0.2) is 9.84 Å². The van der Waals surface area contributed by atoms with Gasteiger partial charge in [-0.3, -0.25) is 4.79 Å². The van der Waals surface area contributed by atoms with E-state index in [0.717, 1.165) is 42.7 Å².